The Morgan fingerprint density at radius 1 is 0.944 bits per heavy atom. The molecule has 7 heteroatoms. The van der Waals surface area contributed by atoms with E-state index in [0.717, 1.165) is 12.1 Å². The molecular formula is C11H7F6N. The number of benzene rings is 1. The summed E-state index contributed by atoms with van der Waals surface area (Å²) < 4.78 is 75.1. The normalized spacial score (nSPS) is 16.2. The fraction of sp³-hybridized carbons (Fsp3) is 0.364. The molecule has 1 aliphatic heterocycles. The maximum absolute atomic E-state index is 12.6. The smallest absolute Gasteiger partial charge is 0.280 e. The lowest BCUT2D eigenvalue weighted by atomic mass is 9.95. The van der Waals surface area contributed by atoms with Crippen molar-refractivity contribution >= 4 is 5.71 Å². The Kier molecular flexibility index (Phi) is 2.87. The molecule has 0 aliphatic carbocycles. The van der Waals surface area contributed by atoms with Crippen LogP contribution in [0.4, 0.5) is 26.3 Å². The zero-order valence-electron chi connectivity index (χ0n) is 8.86. The summed E-state index contributed by atoms with van der Waals surface area (Å²) >= 11 is 0. The monoisotopic (exact) mass is 267 g/mol. The standard InChI is InChI=1S/C11H7F6N/c12-10(13,14)7-1-2-8-6(5-7)3-4-18-9(8)11(15,16)17/h1-2,5H,3-4H2. The van der Waals surface area contributed by atoms with Crippen molar-refractivity contribution in [2.24, 2.45) is 4.99 Å². The predicted octanol–water partition coefficient (Wildman–Crippen LogP) is 3.61. The van der Waals surface area contributed by atoms with Crippen molar-refractivity contribution in [3.8, 4) is 0 Å². The van der Waals surface area contributed by atoms with Crippen molar-refractivity contribution in [2.45, 2.75) is 18.8 Å². The second-order valence-electron chi connectivity index (χ2n) is 3.85. The fourth-order valence-electron chi connectivity index (χ4n) is 1.82. The maximum Gasteiger partial charge on any atom is 0.433 e. The summed E-state index contributed by atoms with van der Waals surface area (Å²) in [5, 5.41) is 0. The molecule has 0 amide bonds. The second kappa shape index (κ2) is 4.00. The second-order valence-corrected chi connectivity index (χ2v) is 3.85. The van der Waals surface area contributed by atoms with Crippen LogP contribution >= 0.6 is 0 Å². The first-order valence-electron chi connectivity index (χ1n) is 5.02. The van der Waals surface area contributed by atoms with Gasteiger partial charge in [0.15, 0.2) is 0 Å². The van der Waals surface area contributed by atoms with Crippen LogP contribution in [-0.4, -0.2) is 18.4 Å². The van der Waals surface area contributed by atoms with Crippen LogP contribution in [0.25, 0.3) is 0 Å². The van der Waals surface area contributed by atoms with Gasteiger partial charge in [-0.05, 0) is 24.1 Å². The molecule has 0 saturated carbocycles. The highest BCUT2D eigenvalue weighted by Gasteiger charge is 2.40. The first-order chi connectivity index (χ1) is 8.19. The summed E-state index contributed by atoms with van der Waals surface area (Å²) in [5.41, 5.74) is -2.27. The van der Waals surface area contributed by atoms with Gasteiger partial charge in [-0.2, -0.15) is 26.3 Å². The van der Waals surface area contributed by atoms with E-state index < -0.39 is 23.6 Å². The van der Waals surface area contributed by atoms with Gasteiger partial charge in [-0.15, -0.1) is 0 Å². The van der Waals surface area contributed by atoms with Crippen LogP contribution in [-0.2, 0) is 12.6 Å². The Morgan fingerprint density at radius 3 is 2.17 bits per heavy atom. The van der Waals surface area contributed by atoms with E-state index in [0.29, 0.717) is 6.07 Å². The van der Waals surface area contributed by atoms with Gasteiger partial charge in [0.2, 0.25) is 0 Å². The number of rotatable bonds is 0. The van der Waals surface area contributed by atoms with Crippen LogP contribution in [0.1, 0.15) is 16.7 Å². The van der Waals surface area contributed by atoms with E-state index in [-0.39, 0.29) is 24.1 Å². The summed E-state index contributed by atoms with van der Waals surface area (Å²) in [6, 6.07) is 2.24. The molecule has 1 heterocycles. The van der Waals surface area contributed by atoms with Crippen molar-refractivity contribution in [1.82, 2.24) is 0 Å². The molecule has 1 nitrogen and oxygen atoms in total. The molecule has 0 aromatic heterocycles. The van der Waals surface area contributed by atoms with Crippen LogP contribution in [0, 0.1) is 0 Å². The first-order valence-corrected chi connectivity index (χ1v) is 5.02. The van der Waals surface area contributed by atoms with Crippen LogP contribution < -0.4 is 0 Å². The summed E-state index contributed by atoms with van der Waals surface area (Å²) in [6.45, 7) is -0.150. The van der Waals surface area contributed by atoms with Gasteiger partial charge < -0.3 is 0 Å². The van der Waals surface area contributed by atoms with Crippen molar-refractivity contribution in [3.05, 3.63) is 34.9 Å². The Balaban J connectivity index is 2.49. The average molecular weight is 267 g/mol. The first kappa shape index (κ1) is 12.9. The van der Waals surface area contributed by atoms with E-state index in [9.17, 15) is 26.3 Å². The van der Waals surface area contributed by atoms with Crippen LogP contribution in [0.15, 0.2) is 23.2 Å². The molecule has 98 valence electrons. The molecule has 0 N–H and O–H groups in total. The van der Waals surface area contributed by atoms with Crippen molar-refractivity contribution in [2.75, 3.05) is 6.54 Å². The van der Waals surface area contributed by atoms with Gasteiger partial charge in [-0.25, -0.2) is 0 Å². The minimum atomic E-state index is -4.64. The molecule has 1 aromatic rings. The molecule has 0 fully saturated rings. The van der Waals surface area contributed by atoms with Gasteiger partial charge in [-0.3, -0.25) is 4.99 Å². The van der Waals surface area contributed by atoms with Crippen molar-refractivity contribution in [3.63, 3.8) is 0 Å². The molecule has 18 heavy (non-hydrogen) atoms. The highest BCUT2D eigenvalue weighted by molar-refractivity contribution is 6.06. The number of fused-ring (bicyclic) bond motifs is 1. The molecule has 0 radical (unpaired) electrons. The van der Waals surface area contributed by atoms with E-state index in [1.807, 2.05) is 0 Å². The minimum absolute atomic E-state index is 0.0344. The lowest BCUT2D eigenvalue weighted by Gasteiger charge is -2.20. The van der Waals surface area contributed by atoms with Gasteiger partial charge in [0.05, 0.1) is 5.56 Å². The van der Waals surface area contributed by atoms with Crippen LogP contribution in [0.3, 0.4) is 0 Å². The zero-order chi connectivity index (χ0) is 13.6. The number of hydrogen-bond acceptors (Lipinski definition) is 1. The number of halogens is 6. The Hall–Kier alpha value is -1.53. The number of nitrogens with zero attached hydrogens (tertiary/aromatic N) is 1. The number of alkyl halides is 6. The van der Waals surface area contributed by atoms with Gasteiger partial charge in [0, 0.05) is 12.1 Å². The fourth-order valence-corrected chi connectivity index (χ4v) is 1.82. The Bertz CT molecular complexity index is 497. The number of hydrogen-bond donors (Lipinski definition) is 0. The molecule has 1 aromatic carbocycles. The minimum Gasteiger partial charge on any atom is -0.280 e. The molecule has 1 aliphatic rings. The summed E-state index contributed by atoms with van der Waals surface area (Å²) in [6.07, 6.45) is -9.12. The largest absolute Gasteiger partial charge is 0.433 e. The van der Waals surface area contributed by atoms with Gasteiger partial charge in [0.25, 0.3) is 0 Å². The van der Waals surface area contributed by atoms with E-state index in [1.54, 1.807) is 0 Å². The van der Waals surface area contributed by atoms with E-state index >= 15 is 0 Å². The molecule has 0 spiro atoms. The van der Waals surface area contributed by atoms with E-state index in [1.165, 1.54) is 0 Å². The summed E-state index contributed by atoms with van der Waals surface area (Å²) in [4.78, 5) is 3.34. The highest BCUT2D eigenvalue weighted by Crippen LogP contribution is 2.33. The van der Waals surface area contributed by atoms with Crippen molar-refractivity contribution in [1.29, 1.82) is 0 Å². The van der Waals surface area contributed by atoms with E-state index in [2.05, 4.69) is 4.99 Å². The van der Waals surface area contributed by atoms with E-state index in [4.69, 9.17) is 0 Å². The lowest BCUT2D eigenvalue weighted by Crippen LogP contribution is -2.28. The quantitative estimate of drug-likeness (QED) is 0.637. The number of aliphatic imine (C=N–C) groups is 1. The topological polar surface area (TPSA) is 12.4 Å². The van der Waals surface area contributed by atoms with Crippen LogP contribution in [0.2, 0.25) is 0 Å². The zero-order valence-corrected chi connectivity index (χ0v) is 8.86. The lowest BCUT2D eigenvalue weighted by molar-refractivity contribution is -0.137. The molecular weight excluding hydrogens is 260 g/mol. The summed E-state index contributed by atoms with van der Waals surface area (Å²) in [7, 11) is 0. The summed E-state index contributed by atoms with van der Waals surface area (Å²) in [5.74, 6) is 0. The third-order valence-corrected chi connectivity index (χ3v) is 2.61. The molecule has 2 rings (SSSR count). The highest BCUT2D eigenvalue weighted by atomic mass is 19.4. The predicted molar refractivity (Wildman–Crippen MR) is 52.6 cm³/mol. The molecule has 0 unspecified atom stereocenters. The SMILES string of the molecule is FC(F)(F)C1=NCCc2cc(C(F)(F)F)ccc21. The Morgan fingerprint density at radius 2 is 1.61 bits per heavy atom. The molecule has 0 saturated heterocycles. The van der Waals surface area contributed by atoms with Gasteiger partial charge in [-0.1, -0.05) is 6.07 Å². The van der Waals surface area contributed by atoms with Gasteiger partial charge in [0.1, 0.15) is 5.71 Å². The van der Waals surface area contributed by atoms with Crippen LogP contribution in [0.5, 0.6) is 0 Å². The molecule has 0 atom stereocenters. The Labute approximate surface area is 98.1 Å². The average Bonchev–Trinajstić information content (AvgIpc) is 2.25. The molecule has 0 bridgehead atoms. The van der Waals surface area contributed by atoms with Gasteiger partial charge >= 0.3 is 12.4 Å². The third kappa shape index (κ3) is 2.34. The van der Waals surface area contributed by atoms with Crippen molar-refractivity contribution < 1.29 is 26.3 Å². The third-order valence-electron chi connectivity index (χ3n) is 2.61. The maximum atomic E-state index is 12.6.